The maximum absolute atomic E-state index is 13.1. The molecule has 1 aromatic carbocycles. The molecule has 0 saturated carbocycles. The predicted octanol–water partition coefficient (Wildman–Crippen LogP) is 0.849. The average Bonchev–Trinajstić information content (AvgIpc) is 3.31. The van der Waals surface area contributed by atoms with Crippen LogP contribution < -0.4 is 11.1 Å². The van der Waals surface area contributed by atoms with E-state index in [0.29, 0.717) is 5.56 Å². The van der Waals surface area contributed by atoms with Crippen molar-refractivity contribution in [3.8, 4) is 5.75 Å². The fraction of sp³-hybridized carbons (Fsp3) is 0.560. The van der Waals surface area contributed by atoms with Gasteiger partial charge in [0.25, 0.3) is 0 Å². The van der Waals surface area contributed by atoms with Gasteiger partial charge in [0.05, 0.1) is 0 Å². The van der Waals surface area contributed by atoms with E-state index in [1.54, 1.807) is 13.8 Å². The Morgan fingerprint density at radius 1 is 0.975 bits per heavy atom. The van der Waals surface area contributed by atoms with Gasteiger partial charge in [0.2, 0.25) is 24.5 Å². The average molecular weight is 705 g/mol. The van der Waals surface area contributed by atoms with Crippen LogP contribution in [0.1, 0.15) is 39.3 Å². The van der Waals surface area contributed by atoms with E-state index in [1.807, 2.05) is 13.8 Å². The Bertz CT molecular complexity index is 1280. The topological polar surface area (TPSA) is 169 Å². The SMILES string of the molecule is CC1(C)S[C@@H]2C(NC(=O)C(N)c3ccc(O)cc3)C(=O)N2[C@H]1C(=O)OCOC(=O)[C@@H]1N2C(=O)[C@@H](I)[C@H]2SC1(C)C. The third kappa shape index (κ3) is 4.71. The van der Waals surface area contributed by atoms with Crippen molar-refractivity contribution in [3.05, 3.63) is 29.8 Å². The van der Waals surface area contributed by atoms with Crippen molar-refractivity contribution in [2.45, 2.75) is 76.0 Å². The van der Waals surface area contributed by atoms with Crippen LogP contribution in [0.2, 0.25) is 0 Å². The number of hydrogen-bond acceptors (Lipinski definition) is 11. The van der Waals surface area contributed by atoms with Crippen molar-refractivity contribution in [2.24, 2.45) is 5.73 Å². The molecule has 4 fully saturated rings. The molecule has 15 heteroatoms. The molecule has 0 spiro atoms. The number of rotatable bonds is 7. The molecule has 3 amide bonds. The van der Waals surface area contributed by atoms with Gasteiger partial charge < -0.3 is 35.4 Å². The molecule has 4 saturated heterocycles. The van der Waals surface area contributed by atoms with Gasteiger partial charge in [-0.2, -0.15) is 0 Å². The molecule has 4 aliphatic rings. The highest BCUT2D eigenvalue weighted by Gasteiger charge is 2.65. The summed E-state index contributed by atoms with van der Waals surface area (Å²) in [5, 5.41) is 11.5. The van der Waals surface area contributed by atoms with E-state index in [2.05, 4.69) is 27.9 Å². The number of ether oxygens (including phenoxy) is 2. The standard InChI is InChI=1S/C25H29IN4O8S2/c1-24(2)15(29-18(33)12(26)20(29)39-24)22(35)37-9-38-23(36)16-25(3,4)40-21-14(19(34)30(16)21)28-17(32)13(27)10-5-7-11(31)8-6-10/h5-8,12-16,20-21,31H,9,27H2,1-4H3,(H,28,32)/t12-,13?,14?,15+,16+,20-,21-/m1/s1. The van der Waals surface area contributed by atoms with Crippen molar-refractivity contribution >= 4 is 75.8 Å². The van der Waals surface area contributed by atoms with Gasteiger partial charge in [-0.3, -0.25) is 14.4 Å². The summed E-state index contributed by atoms with van der Waals surface area (Å²) in [5.41, 5.74) is 6.51. The molecule has 2 unspecified atom stereocenters. The summed E-state index contributed by atoms with van der Waals surface area (Å²) < 4.78 is 9.04. The molecule has 4 N–H and O–H groups in total. The number of β-lactam (4-membered cyclic amide) rings is 2. The number of thioether (sulfide) groups is 2. The highest BCUT2D eigenvalue weighted by atomic mass is 127. The molecule has 0 bridgehead atoms. The number of benzene rings is 1. The third-order valence-electron chi connectivity index (χ3n) is 7.50. The Morgan fingerprint density at radius 2 is 1.48 bits per heavy atom. The molecule has 4 aliphatic heterocycles. The van der Waals surface area contributed by atoms with Crippen LogP contribution in [-0.4, -0.2) is 93.7 Å². The third-order valence-corrected chi connectivity index (χ3v) is 12.3. The van der Waals surface area contributed by atoms with Gasteiger partial charge in [0.15, 0.2) is 0 Å². The number of phenols is 1. The Labute approximate surface area is 252 Å². The Morgan fingerprint density at radius 3 is 2.02 bits per heavy atom. The van der Waals surface area contributed by atoms with Crippen LogP contribution in [-0.2, 0) is 33.4 Å². The number of esters is 2. The van der Waals surface area contributed by atoms with Crippen LogP contribution >= 0.6 is 46.1 Å². The number of alkyl halides is 1. The fourth-order valence-corrected chi connectivity index (χ4v) is 9.72. The van der Waals surface area contributed by atoms with Crippen molar-refractivity contribution in [1.82, 2.24) is 15.1 Å². The summed E-state index contributed by atoms with van der Waals surface area (Å²) in [7, 11) is 0. The molecule has 0 aromatic heterocycles. The first-order valence-corrected chi connectivity index (χ1v) is 15.5. The minimum atomic E-state index is -1.05. The van der Waals surface area contributed by atoms with E-state index in [1.165, 1.54) is 57.6 Å². The van der Waals surface area contributed by atoms with Crippen LogP contribution in [0.3, 0.4) is 0 Å². The zero-order valence-electron chi connectivity index (χ0n) is 22.0. The summed E-state index contributed by atoms with van der Waals surface area (Å²) in [4.78, 5) is 66.9. The quantitative estimate of drug-likeness (QED) is 0.121. The summed E-state index contributed by atoms with van der Waals surface area (Å²) >= 11 is 4.95. The van der Waals surface area contributed by atoms with Crippen molar-refractivity contribution in [1.29, 1.82) is 0 Å². The monoisotopic (exact) mass is 704 g/mol. The van der Waals surface area contributed by atoms with Gasteiger partial charge in [-0.25, -0.2) is 9.59 Å². The lowest BCUT2D eigenvalue weighted by atomic mass is 9.95. The largest absolute Gasteiger partial charge is 0.508 e. The molecular weight excluding hydrogens is 675 g/mol. The maximum atomic E-state index is 13.1. The van der Waals surface area contributed by atoms with Crippen molar-refractivity contribution in [2.75, 3.05) is 6.79 Å². The smallest absolute Gasteiger partial charge is 0.333 e. The Balaban J connectivity index is 1.17. The second kappa shape index (κ2) is 10.2. The first-order valence-electron chi connectivity index (χ1n) is 12.5. The fourth-order valence-electron chi connectivity index (χ4n) is 5.45. The van der Waals surface area contributed by atoms with E-state index in [4.69, 9.17) is 15.2 Å². The molecular formula is C25H29IN4O8S2. The van der Waals surface area contributed by atoms with E-state index in [0.717, 1.165) is 0 Å². The Kier molecular flexibility index (Phi) is 7.49. The van der Waals surface area contributed by atoms with Crippen molar-refractivity contribution < 1.29 is 38.6 Å². The molecule has 5 rings (SSSR count). The van der Waals surface area contributed by atoms with Gasteiger partial charge in [-0.05, 0) is 45.4 Å². The lowest BCUT2D eigenvalue weighted by molar-refractivity contribution is -0.181. The second-order valence-electron chi connectivity index (χ2n) is 11.0. The van der Waals surface area contributed by atoms with E-state index in [-0.39, 0.29) is 21.0 Å². The predicted molar refractivity (Wildman–Crippen MR) is 154 cm³/mol. The number of carbonyl (C=O) groups is 5. The number of carbonyl (C=O) groups excluding carboxylic acids is 5. The molecule has 40 heavy (non-hydrogen) atoms. The zero-order valence-corrected chi connectivity index (χ0v) is 25.8. The summed E-state index contributed by atoms with van der Waals surface area (Å²) in [6, 6.07) is 2.18. The molecule has 216 valence electrons. The number of nitrogens with two attached hydrogens (primary N) is 1. The molecule has 12 nitrogen and oxygen atoms in total. The molecule has 0 radical (unpaired) electrons. The second-order valence-corrected chi connectivity index (χ2v) is 15.9. The van der Waals surface area contributed by atoms with Gasteiger partial charge in [0, 0.05) is 9.49 Å². The highest BCUT2D eigenvalue weighted by Crippen LogP contribution is 2.53. The molecule has 7 atom stereocenters. The number of hydrogen-bond donors (Lipinski definition) is 3. The number of halogens is 1. The Hall–Kier alpha value is -2.24. The van der Waals surface area contributed by atoms with E-state index < -0.39 is 69.6 Å². The number of amides is 3. The molecule has 4 heterocycles. The number of fused-ring (bicyclic) bond motifs is 2. The van der Waals surface area contributed by atoms with Crippen molar-refractivity contribution in [3.63, 3.8) is 0 Å². The minimum Gasteiger partial charge on any atom is -0.508 e. The highest BCUT2D eigenvalue weighted by molar-refractivity contribution is 14.1. The number of nitrogens with zero attached hydrogens (tertiary/aromatic N) is 2. The number of phenolic OH excluding ortho intramolecular Hbond substituents is 1. The van der Waals surface area contributed by atoms with Crippen LogP contribution in [0.4, 0.5) is 0 Å². The van der Waals surface area contributed by atoms with Gasteiger partial charge in [0.1, 0.15) is 44.6 Å². The molecule has 0 aliphatic carbocycles. The van der Waals surface area contributed by atoms with Crippen LogP contribution in [0, 0.1) is 0 Å². The first kappa shape index (κ1) is 29.3. The lowest BCUT2D eigenvalue weighted by Gasteiger charge is -2.44. The van der Waals surface area contributed by atoms with Gasteiger partial charge in [-0.15, -0.1) is 23.5 Å². The summed E-state index contributed by atoms with van der Waals surface area (Å²) in [6.07, 6.45) is 0. The van der Waals surface area contributed by atoms with E-state index in [9.17, 15) is 29.1 Å². The van der Waals surface area contributed by atoms with Gasteiger partial charge in [-0.1, -0.05) is 34.7 Å². The van der Waals surface area contributed by atoms with Gasteiger partial charge >= 0.3 is 11.9 Å². The summed E-state index contributed by atoms with van der Waals surface area (Å²) in [6.45, 7) is 6.66. The van der Waals surface area contributed by atoms with E-state index >= 15 is 0 Å². The zero-order chi connectivity index (χ0) is 29.3. The minimum absolute atomic E-state index is 0.0362. The summed E-state index contributed by atoms with van der Waals surface area (Å²) in [5.74, 6) is -2.50. The maximum Gasteiger partial charge on any atom is 0.333 e. The lowest BCUT2D eigenvalue weighted by Crippen LogP contribution is -2.71. The molecule has 1 aromatic rings. The van der Waals surface area contributed by atoms with Crippen LogP contribution in [0.25, 0.3) is 0 Å². The first-order chi connectivity index (χ1) is 18.7. The van der Waals surface area contributed by atoms with Crippen LogP contribution in [0.5, 0.6) is 5.75 Å². The normalized spacial score (nSPS) is 31.9. The van der Waals surface area contributed by atoms with Crippen LogP contribution in [0.15, 0.2) is 24.3 Å². The number of aromatic hydroxyl groups is 1. The number of nitrogens with one attached hydrogen (secondary N) is 1.